The fraction of sp³-hybridized carbons (Fsp3) is 0.479. The standard InChI is InChI=1S/C25H30F3N3O3S.C24H28F3N3O3S.C22H26F3N5O2/c26-21-14-23(28)22(27)12-17(21)13-24(29)18-10-19-6-7-20(11-18)31(19)25(32)15-30-35(33,34)9-8-16-4-2-1-3-5-16;1-14-2-6-19(7-3-14)34(32,33)29-13-24(31)30-17-4-5-18(30)9-16(8-17)23(28)11-15-10-21(26)22(27)12-20(15)25;23-17-8-19(25)18(24)5-12(17)6-20(26)13-3-15-1-2-16(4-13)30(15)22(32)10-28-21(31)7-14-9-27-11-29-14/h1-5,12,14,18-20,24,30H,6-11,13,15,29H2;2-3,6-7,10,12,16-18,23,29H,4-5,8-9,11,13,28H2,1H3;5,8-9,11,13,15-16,20H,1-4,6-7,10,26H2,(H,27,29)(H,28,31)/t18?,19-,20+,24-;16?,17-,18+,23-;13?,15-,16+,20-/m111/s1. The number of sulfonamides is 2. The third-order valence-electron chi connectivity index (χ3n) is 20.7. The topological polar surface area (TPSA) is 289 Å². The van der Waals surface area contributed by atoms with Crippen LogP contribution in [-0.2, 0) is 71.3 Å². The summed E-state index contributed by atoms with van der Waals surface area (Å²) in [4.78, 5) is 62.8. The molecular formula is C71H84F9N11O8S2. The lowest BCUT2D eigenvalue weighted by Crippen LogP contribution is -2.52. The van der Waals surface area contributed by atoms with Gasteiger partial charge in [0.25, 0.3) is 0 Å². The van der Waals surface area contributed by atoms with Crippen LogP contribution in [0.15, 0.2) is 108 Å². The molecule has 6 fully saturated rings. The Hall–Kier alpha value is -7.74. The van der Waals surface area contributed by atoms with Crippen LogP contribution in [0.3, 0.4) is 0 Å². The molecule has 19 nitrogen and oxygen atoms in total. The number of rotatable bonds is 23. The summed E-state index contributed by atoms with van der Waals surface area (Å²) in [6, 6.07) is 18.2. The molecule has 1 aromatic heterocycles. The number of amides is 4. The minimum absolute atomic E-state index is 0.00775. The van der Waals surface area contributed by atoms with Crippen molar-refractivity contribution in [2.45, 2.75) is 175 Å². The summed E-state index contributed by atoms with van der Waals surface area (Å²) in [7, 11) is -7.41. The van der Waals surface area contributed by atoms with E-state index in [1.807, 2.05) is 42.2 Å². The van der Waals surface area contributed by atoms with Crippen molar-refractivity contribution >= 4 is 43.7 Å². The number of aromatic amines is 1. The average Bonchev–Trinajstić information content (AvgIpc) is 1.67. The fourth-order valence-corrected chi connectivity index (χ4v) is 17.5. The average molecular weight is 1450 g/mol. The molecule has 5 aromatic carbocycles. The van der Waals surface area contributed by atoms with Gasteiger partial charge in [-0.15, -0.1) is 0 Å². The van der Waals surface area contributed by atoms with Crippen LogP contribution in [0.4, 0.5) is 39.5 Å². The molecule has 30 heteroatoms. The Bertz CT molecular complexity index is 4110. The maximum atomic E-state index is 14.1. The Kier molecular flexibility index (Phi) is 24.9. The highest BCUT2D eigenvalue weighted by Gasteiger charge is 2.48. The number of aryl methyl sites for hydroxylation is 2. The van der Waals surface area contributed by atoms with Gasteiger partial charge in [0.05, 0.1) is 43.0 Å². The van der Waals surface area contributed by atoms with Gasteiger partial charge >= 0.3 is 0 Å². The Morgan fingerprint density at radius 3 is 1.25 bits per heavy atom. The van der Waals surface area contributed by atoms with E-state index >= 15 is 0 Å². The van der Waals surface area contributed by atoms with E-state index in [-0.39, 0.29) is 150 Å². The number of nitrogens with zero attached hydrogens (tertiary/aromatic N) is 4. The number of halogens is 9. The molecule has 0 radical (unpaired) electrons. The lowest BCUT2D eigenvalue weighted by molar-refractivity contribution is -0.137. The Labute approximate surface area is 581 Å². The normalized spacial score (nSPS) is 23.1. The number of imidazole rings is 1. The third kappa shape index (κ3) is 19.3. The van der Waals surface area contributed by atoms with E-state index in [0.717, 1.165) is 67.9 Å². The molecule has 101 heavy (non-hydrogen) atoms. The molecule has 6 aliphatic heterocycles. The molecule has 0 spiro atoms. The number of fused-ring (bicyclic) bond motifs is 6. The maximum Gasteiger partial charge on any atom is 0.242 e. The summed E-state index contributed by atoms with van der Waals surface area (Å²) in [6.07, 6.45) is 12.3. The lowest BCUT2D eigenvalue weighted by Gasteiger charge is -2.41. The predicted octanol–water partition coefficient (Wildman–Crippen LogP) is 7.76. The first-order valence-electron chi connectivity index (χ1n) is 33.9. The monoisotopic (exact) mass is 1450 g/mol. The molecule has 546 valence electrons. The number of H-pyrrole nitrogens is 1. The molecule has 12 atom stereocenters. The number of nitrogens with two attached hydrogens (primary N) is 3. The second-order valence-electron chi connectivity index (χ2n) is 27.5. The van der Waals surface area contributed by atoms with E-state index in [1.165, 1.54) is 18.5 Å². The minimum atomic E-state index is -3.81. The molecule has 7 heterocycles. The third-order valence-corrected chi connectivity index (χ3v) is 23.4. The molecule has 4 amide bonds. The van der Waals surface area contributed by atoms with Gasteiger partial charge in [0, 0.05) is 84.5 Å². The van der Waals surface area contributed by atoms with Crippen molar-refractivity contribution in [3.63, 3.8) is 0 Å². The number of hydrogen-bond acceptors (Lipinski definition) is 12. The molecule has 10 N–H and O–H groups in total. The van der Waals surface area contributed by atoms with Crippen molar-refractivity contribution < 1.29 is 75.5 Å². The van der Waals surface area contributed by atoms with E-state index in [0.29, 0.717) is 68.8 Å². The second kappa shape index (κ2) is 33.1. The predicted molar refractivity (Wildman–Crippen MR) is 357 cm³/mol. The molecule has 3 unspecified atom stereocenters. The minimum Gasteiger partial charge on any atom is -0.348 e. The summed E-state index contributed by atoms with van der Waals surface area (Å²) in [5.41, 5.74) is 21.6. The summed E-state index contributed by atoms with van der Waals surface area (Å²) >= 11 is 0. The quantitative estimate of drug-likeness (QED) is 0.0239. The van der Waals surface area contributed by atoms with Gasteiger partial charge in [-0.25, -0.2) is 70.8 Å². The number of piperidine rings is 3. The van der Waals surface area contributed by atoms with Gasteiger partial charge in [-0.05, 0) is 180 Å². The van der Waals surface area contributed by atoms with E-state index in [4.69, 9.17) is 17.2 Å². The number of benzene rings is 5. The molecule has 6 aromatic rings. The summed E-state index contributed by atoms with van der Waals surface area (Å²) in [5, 5.41) is 2.66. The van der Waals surface area contributed by atoms with Crippen molar-refractivity contribution in [2.75, 3.05) is 25.4 Å². The largest absolute Gasteiger partial charge is 0.348 e. The smallest absolute Gasteiger partial charge is 0.242 e. The zero-order valence-electron chi connectivity index (χ0n) is 55.6. The first-order chi connectivity index (χ1) is 48.0. The van der Waals surface area contributed by atoms with Gasteiger partial charge in [-0.1, -0.05) is 48.0 Å². The van der Waals surface area contributed by atoms with Gasteiger partial charge in [0.15, 0.2) is 34.9 Å². The second-order valence-corrected chi connectivity index (χ2v) is 31.2. The lowest BCUT2D eigenvalue weighted by atomic mass is 9.82. The number of hydrogen-bond donors (Lipinski definition) is 7. The van der Waals surface area contributed by atoms with E-state index in [9.17, 15) is 75.5 Å². The Balaban J connectivity index is 0.000000164. The van der Waals surface area contributed by atoms with Crippen molar-refractivity contribution in [2.24, 2.45) is 35.0 Å². The molecule has 6 saturated heterocycles. The number of carbonyl (C=O) groups is 4. The number of carbonyl (C=O) groups excluding carboxylic acids is 4. The van der Waals surface area contributed by atoms with Crippen LogP contribution < -0.4 is 32.0 Å². The van der Waals surface area contributed by atoms with Gasteiger partial charge in [-0.3, -0.25) is 19.2 Å². The molecule has 12 rings (SSSR count). The SMILES string of the molecule is Cc1ccc(S(=O)(=O)NCC(=O)N2[C@@H]3CC[C@H]2CC([C@H](N)Cc2cc(F)c(F)cc2F)C3)cc1.N[C@H](Cc1cc(F)c(F)cc1F)C1C[C@H]2CC[C@@H](C1)N2C(=O)CNC(=O)Cc1cnc[nH]1.N[C@H](Cc1cc(F)c(F)cc1F)C1C[C@H]2CC[C@@H](C1)N2C(=O)CNS(=O)(=O)CCc1ccccc1. The van der Waals surface area contributed by atoms with Crippen molar-refractivity contribution in [3.05, 3.63) is 189 Å². The van der Waals surface area contributed by atoms with Crippen molar-refractivity contribution in [1.29, 1.82) is 0 Å². The molecule has 0 saturated carbocycles. The first-order valence-corrected chi connectivity index (χ1v) is 37.0. The summed E-state index contributed by atoms with van der Waals surface area (Å²) in [5.74, 6) is -10.5. The zero-order valence-corrected chi connectivity index (χ0v) is 57.2. The fourth-order valence-electron chi connectivity index (χ4n) is 15.5. The van der Waals surface area contributed by atoms with Crippen LogP contribution in [-0.4, -0.2) is 145 Å². The zero-order chi connectivity index (χ0) is 72.6. The number of aromatic nitrogens is 2. The summed E-state index contributed by atoms with van der Waals surface area (Å²) < 4.78 is 177. The highest BCUT2D eigenvalue weighted by Crippen LogP contribution is 2.43. The van der Waals surface area contributed by atoms with Crippen molar-refractivity contribution in [1.82, 2.24) is 39.4 Å². The molecule has 6 bridgehead atoms. The van der Waals surface area contributed by atoms with Gasteiger partial charge < -0.3 is 42.2 Å². The van der Waals surface area contributed by atoms with Gasteiger partial charge in [-0.2, -0.15) is 0 Å². The molecular weight excluding hydrogens is 1370 g/mol. The van der Waals surface area contributed by atoms with Crippen molar-refractivity contribution in [3.8, 4) is 0 Å². The first kappa shape index (κ1) is 75.9. The van der Waals surface area contributed by atoms with Gasteiger partial charge in [0.1, 0.15) is 17.5 Å². The van der Waals surface area contributed by atoms with Crippen LogP contribution in [0.1, 0.15) is 111 Å². The van der Waals surface area contributed by atoms with Gasteiger partial charge in [0.2, 0.25) is 43.7 Å². The molecule has 0 aliphatic carbocycles. The number of nitrogens with one attached hydrogen (secondary N) is 4. The summed E-state index contributed by atoms with van der Waals surface area (Å²) in [6.45, 7) is 1.16. The Morgan fingerprint density at radius 1 is 0.505 bits per heavy atom. The van der Waals surface area contributed by atoms with Crippen LogP contribution in [0.5, 0.6) is 0 Å². The van der Waals surface area contributed by atoms with E-state index in [1.54, 1.807) is 28.1 Å². The van der Waals surface area contributed by atoms with Crippen LogP contribution in [0.2, 0.25) is 0 Å². The highest BCUT2D eigenvalue weighted by atomic mass is 32.2. The molecule has 6 aliphatic rings. The maximum absolute atomic E-state index is 14.1. The van der Waals surface area contributed by atoms with Crippen LogP contribution in [0.25, 0.3) is 0 Å². The van der Waals surface area contributed by atoms with Crippen LogP contribution >= 0.6 is 0 Å². The van der Waals surface area contributed by atoms with E-state index in [2.05, 4.69) is 24.7 Å². The highest BCUT2D eigenvalue weighted by molar-refractivity contribution is 7.89. The van der Waals surface area contributed by atoms with E-state index < -0.39 is 90.5 Å². The Morgan fingerprint density at radius 2 is 0.871 bits per heavy atom. The van der Waals surface area contributed by atoms with Crippen LogP contribution in [0, 0.1) is 77.0 Å².